The Labute approximate surface area is 434 Å². The van der Waals surface area contributed by atoms with E-state index in [2.05, 4.69) is 51.4 Å². The van der Waals surface area contributed by atoms with E-state index in [1.807, 2.05) is 24.3 Å². The molecule has 0 spiro atoms. The molecule has 4 heteroatoms. The van der Waals surface area contributed by atoms with Crippen LogP contribution in [0.2, 0.25) is 0 Å². The van der Waals surface area contributed by atoms with E-state index in [1.165, 1.54) is 218 Å². The maximum atomic E-state index is 6.50. The van der Waals surface area contributed by atoms with Gasteiger partial charge < -0.3 is 18.9 Å². The van der Waals surface area contributed by atoms with Gasteiger partial charge in [0.1, 0.15) is 0 Å². The Balaban J connectivity index is 2.20. The SMILES string of the molecule is C#Cc1cc(OCCCCCCCCCCCC)c(OCCCCCCCCCCCC)cc1C#Cc1cc(OCCCCCCCCCCCC)c(OCCCCCCCCCCCC)cc1C#C. The standard InChI is InChI=1S/C66H106O4/c1-7-13-17-21-25-29-33-37-41-45-51-67-63-55-59(11-5)61(57-65(63)69-53-47-43-39-35-31-27-23-19-15-9-3)49-50-62-58-66(70-54-48-44-40-36-32-28-24-20-16-10-4)64(56-60(62)12-6)68-52-46-42-38-34-30-26-22-18-14-8-2/h5-6,55-58H,7-10,13-48,51-54H2,1-4H3. The molecule has 70 heavy (non-hydrogen) atoms. The van der Waals surface area contributed by atoms with E-state index in [-0.39, 0.29) is 0 Å². The van der Waals surface area contributed by atoms with E-state index in [1.54, 1.807) is 0 Å². The lowest BCUT2D eigenvalue weighted by molar-refractivity contribution is 0.258. The summed E-state index contributed by atoms with van der Waals surface area (Å²) in [5.74, 6) is 15.4. The van der Waals surface area contributed by atoms with Gasteiger partial charge in [-0.15, -0.1) is 12.8 Å². The van der Waals surface area contributed by atoms with Gasteiger partial charge in [0.15, 0.2) is 23.0 Å². The molecule has 0 radical (unpaired) electrons. The highest BCUT2D eigenvalue weighted by atomic mass is 16.5. The van der Waals surface area contributed by atoms with Gasteiger partial charge in [0.2, 0.25) is 0 Å². The number of hydrogen-bond acceptors (Lipinski definition) is 4. The maximum absolute atomic E-state index is 6.50. The van der Waals surface area contributed by atoms with Gasteiger partial charge in [-0.05, 0) is 25.7 Å². The third-order valence-electron chi connectivity index (χ3n) is 13.8. The smallest absolute Gasteiger partial charge is 0.162 e. The Kier molecular flexibility index (Phi) is 41.4. The molecule has 2 rings (SSSR count). The van der Waals surface area contributed by atoms with Gasteiger partial charge in [-0.3, -0.25) is 0 Å². The van der Waals surface area contributed by atoms with Crippen molar-refractivity contribution < 1.29 is 18.9 Å². The number of terminal acetylenes is 2. The highest BCUT2D eigenvalue weighted by Gasteiger charge is 2.14. The van der Waals surface area contributed by atoms with Crippen LogP contribution in [-0.4, -0.2) is 26.4 Å². The fourth-order valence-corrected chi connectivity index (χ4v) is 9.24. The first kappa shape index (κ1) is 62.4. The molecule has 0 bridgehead atoms. The van der Waals surface area contributed by atoms with Gasteiger partial charge in [0.05, 0.1) is 26.4 Å². The lowest BCUT2D eigenvalue weighted by atomic mass is 10.0. The van der Waals surface area contributed by atoms with Crippen LogP contribution in [0.1, 0.15) is 307 Å². The Morgan fingerprint density at radius 3 is 0.614 bits per heavy atom. The van der Waals surface area contributed by atoms with Crippen LogP contribution in [0.15, 0.2) is 24.3 Å². The normalized spacial score (nSPS) is 10.9. The van der Waals surface area contributed by atoms with Gasteiger partial charge >= 0.3 is 0 Å². The van der Waals surface area contributed by atoms with Gasteiger partial charge in [-0.2, -0.15) is 0 Å². The molecule has 0 fully saturated rings. The topological polar surface area (TPSA) is 36.9 Å². The molecule has 0 unspecified atom stereocenters. The van der Waals surface area contributed by atoms with Crippen LogP contribution in [-0.2, 0) is 0 Å². The molecule has 0 N–H and O–H groups in total. The zero-order valence-electron chi connectivity index (χ0n) is 46.2. The maximum Gasteiger partial charge on any atom is 0.162 e. The summed E-state index contributed by atoms with van der Waals surface area (Å²) >= 11 is 0. The minimum absolute atomic E-state index is 0.634. The highest BCUT2D eigenvalue weighted by Crippen LogP contribution is 2.34. The number of ether oxygens (including phenoxy) is 4. The van der Waals surface area contributed by atoms with Crippen molar-refractivity contribution in [3.63, 3.8) is 0 Å². The van der Waals surface area contributed by atoms with Crippen LogP contribution in [0.25, 0.3) is 0 Å². The largest absolute Gasteiger partial charge is 0.490 e. The predicted molar refractivity (Wildman–Crippen MR) is 304 cm³/mol. The molecular formula is C66H106O4. The second-order valence-electron chi connectivity index (χ2n) is 20.3. The van der Waals surface area contributed by atoms with E-state index >= 15 is 0 Å². The quantitative estimate of drug-likeness (QED) is 0.0489. The van der Waals surface area contributed by atoms with Crippen LogP contribution in [0.4, 0.5) is 0 Å². The Hall–Kier alpha value is -3.68. The molecule has 394 valence electrons. The summed E-state index contributed by atoms with van der Waals surface area (Å²) in [7, 11) is 0. The molecule has 0 aromatic heterocycles. The first-order valence-electron chi connectivity index (χ1n) is 29.9. The second kappa shape index (κ2) is 46.4. The van der Waals surface area contributed by atoms with E-state index in [4.69, 9.17) is 31.8 Å². The molecule has 0 saturated heterocycles. The second-order valence-corrected chi connectivity index (χ2v) is 20.3. The van der Waals surface area contributed by atoms with Crippen molar-refractivity contribution in [2.45, 2.75) is 285 Å². The molecule has 0 heterocycles. The summed E-state index contributed by atoms with van der Waals surface area (Å²) < 4.78 is 25.9. The van der Waals surface area contributed by atoms with Crippen molar-refractivity contribution in [2.24, 2.45) is 0 Å². The van der Waals surface area contributed by atoms with Crippen LogP contribution >= 0.6 is 0 Å². The van der Waals surface area contributed by atoms with E-state index < -0.39 is 0 Å². The molecule has 0 atom stereocenters. The summed E-state index contributed by atoms with van der Waals surface area (Å²) in [4.78, 5) is 0. The molecule has 0 amide bonds. The zero-order valence-corrected chi connectivity index (χ0v) is 46.2. The molecule has 2 aromatic rings. The fraction of sp³-hybridized carbons (Fsp3) is 0.727. The number of rotatable bonds is 48. The van der Waals surface area contributed by atoms with Gasteiger partial charge in [-0.25, -0.2) is 0 Å². The Morgan fingerprint density at radius 2 is 0.429 bits per heavy atom. The minimum atomic E-state index is 0.634. The molecule has 4 nitrogen and oxygen atoms in total. The minimum Gasteiger partial charge on any atom is -0.490 e. The van der Waals surface area contributed by atoms with Crippen molar-refractivity contribution in [1.82, 2.24) is 0 Å². The van der Waals surface area contributed by atoms with Crippen molar-refractivity contribution in [2.75, 3.05) is 26.4 Å². The van der Waals surface area contributed by atoms with Crippen molar-refractivity contribution in [3.05, 3.63) is 46.5 Å². The summed E-state index contributed by atoms with van der Waals surface area (Å²) in [5, 5.41) is 0. The molecule has 0 aliphatic carbocycles. The van der Waals surface area contributed by atoms with E-state index in [9.17, 15) is 0 Å². The van der Waals surface area contributed by atoms with Crippen molar-refractivity contribution >= 4 is 0 Å². The average Bonchev–Trinajstić information content (AvgIpc) is 3.37. The first-order valence-corrected chi connectivity index (χ1v) is 29.9. The number of unbranched alkanes of at least 4 members (excludes halogenated alkanes) is 36. The number of hydrogen-bond donors (Lipinski definition) is 0. The van der Waals surface area contributed by atoms with Crippen LogP contribution < -0.4 is 18.9 Å². The lowest BCUT2D eigenvalue weighted by Crippen LogP contribution is -2.04. The summed E-state index contributed by atoms with van der Waals surface area (Å²) in [6.07, 6.45) is 63.7. The molecule has 2 aromatic carbocycles. The zero-order chi connectivity index (χ0) is 50.2. The number of benzene rings is 2. The fourth-order valence-electron chi connectivity index (χ4n) is 9.24. The first-order chi connectivity index (χ1) is 34.6. The van der Waals surface area contributed by atoms with E-state index in [0.717, 1.165) is 49.7 Å². The molecule has 0 aliphatic heterocycles. The summed E-state index contributed by atoms with van der Waals surface area (Å²) in [6, 6.07) is 7.85. The van der Waals surface area contributed by atoms with Crippen LogP contribution in [0, 0.1) is 36.5 Å². The van der Waals surface area contributed by atoms with Crippen molar-refractivity contribution in [1.29, 1.82) is 0 Å². The highest BCUT2D eigenvalue weighted by molar-refractivity contribution is 5.63. The van der Waals surface area contributed by atoms with E-state index in [0.29, 0.717) is 60.6 Å². The monoisotopic (exact) mass is 963 g/mol. The average molecular weight is 964 g/mol. The third kappa shape index (κ3) is 32.3. The third-order valence-corrected chi connectivity index (χ3v) is 13.8. The van der Waals surface area contributed by atoms with Gasteiger partial charge in [-0.1, -0.05) is 283 Å². The lowest BCUT2D eigenvalue weighted by Gasteiger charge is -2.15. The Morgan fingerprint density at radius 1 is 0.257 bits per heavy atom. The summed E-state index contributed by atoms with van der Waals surface area (Å²) in [6.45, 7) is 11.7. The van der Waals surface area contributed by atoms with Gasteiger partial charge in [0.25, 0.3) is 0 Å². The van der Waals surface area contributed by atoms with Crippen LogP contribution in [0.3, 0.4) is 0 Å². The van der Waals surface area contributed by atoms with Gasteiger partial charge in [0, 0.05) is 46.5 Å². The molecular weight excluding hydrogens is 857 g/mol. The Bertz CT molecular complexity index is 1560. The molecule has 0 saturated carbocycles. The van der Waals surface area contributed by atoms with Crippen molar-refractivity contribution in [3.8, 4) is 59.5 Å². The van der Waals surface area contributed by atoms with Crippen LogP contribution in [0.5, 0.6) is 23.0 Å². The molecule has 0 aliphatic rings. The predicted octanol–water partition coefficient (Wildman–Crippen LogP) is 20.2. The summed E-state index contributed by atoms with van der Waals surface area (Å²) in [5.41, 5.74) is 2.83.